The van der Waals surface area contributed by atoms with Crippen molar-refractivity contribution >= 4 is 13.3 Å². The van der Waals surface area contributed by atoms with Crippen molar-refractivity contribution in [3.8, 4) is 0 Å². The van der Waals surface area contributed by atoms with Gasteiger partial charge >= 0.3 is 5.97 Å². The number of aliphatic carboxylic acids is 1. The van der Waals surface area contributed by atoms with Crippen LogP contribution in [0.25, 0.3) is 0 Å². The highest BCUT2D eigenvalue weighted by molar-refractivity contribution is 7.59. The Labute approximate surface area is 116 Å². The fourth-order valence-corrected chi connectivity index (χ4v) is 4.57. The number of hydrogen-bond donors (Lipinski definition) is 1. The number of carbonyl (C=O) groups is 1. The Bertz CT molecular complexity index is 377. The number of rotatable bonds is 7. The molecule has 0 aromatic rings. The smallest absolute Gasteiger partial charge is 0.331 e. The maximum Gasteiger partial charge on any atom is 0.331 e. The zero-order chi connectivity index (χ0) is 15.3. The molecule has 1 unspecified atom stereocenters. The maximum atomic E-state index is 12.7. The standard InChI is InChI=1S/C14H27O4P/c1-7-18-19(17,9-11(2)3)10-12(13(15)16)8-14(4,5)6/h8,11H,7,9-10H2,1-6H3,(H,15,16). The predicted molar refractivity (Wildman–Crippen MR) is 79.0 cm³/mol. The van der Waals surface area contributed by atoms with Crippen molar-refractivity contribution in [1.82, 2.24) is 0 Å². The summed E-state index contributed by atoms with van der Waals surface area (Å²) >= 11 is 0. The third-order valence-corrected chi connectivity index (χ3v) is 5.14. The summed E-state index contributed by atoms with van der Waals surface area (Å²) in [6.45, 7) is 11.8. The Hall–Kier alpha value is -0.600. The van der Waals surface area contributed by atoms with Gasteiger partial charge in [0.25, 0.3) is 0 Å². The van der Waals surface area contributed by atoms with Gasteiger partial charge in [-0.25, -0.2) is 4.79 Å². The number of carboxylic acid groups (broad SMARTS) is 1. The molecule has 0 aliphatic carbocycles. The van der Waals surface area contributed by atoms with Crippen LogP contribution < -0.4 is 0 Å². The molecular formula is C14H27O4P. The molecule has 0 rings (SSSR count). The average Bonchev–Trinajstić information content (AvgIpc) is 2.12. The number of carboxylic acids is 1. The minimum atomic E-state index is -2.92. The van der Waals surface area contributed by atoms with Crippen LogP contribution in [0.5, 0.6) is 0 Å². The summed E-state index contributed by atoms with van der Waals surface area (Å²) in [6.07, 6.45) is 2.09. The van der Waals surface area contributed by atoms with Crippen molar-refractivity contribution in [3.63, 3.8) is 0 Å². The third kappa shape index (κ3) is 8.22. The van der Waals surface area contributed by atoms with Crippen molar-refractivity contribution in [3.05, 3.63) is 11.6 Å². The van der Waals surface area contributed by atoms with E-state index in [1.807, 2.05) is 34.6 Å². The second-order valence-electron chi connectivity index (χ2n) is 6.31. The van der Waals surface area contributed by atoms with Crippen molar-refractivity contribution in [1.29, 1.82) is 0 Å². The van der Waals surface area contributed by atoms with Gasteiger partial charge in [0.05, 0.1) is 12.8 Å². The van der Waals surface area contributed by atoms with Gasteiger partial charge in [0.15, 0.2) is 0 Å². The average molecular weight is 290 g/mol. The quantitative estimate of drug-likeness (QED) is 0.568. The molecule has 0 aromatic carbocycles. The zero-order valence-electron chi connectivity index (χ0n) is 12.9. The van der Waals surface area contributed by atoms with Gasteiger partial charge < -0.3 is 9.63 Å². The molecule has 0 bridgehead atoms. The highest BCUT2D eigenvalue weighted by atomic mass is 31.2. The topological polar surface area (TPSA) is 63.6 Å². The second-order valence-corrected chi connectivity index (χ2v) is 8.88. The Morgan fingerprint density at radius 3 is 2.21 bits per heavy atom. The first-order valence-corrected chi connectivity index (χ1v) is 8.66. The van der Waals surface area contributed by atoms with Gasteiger partial charge in [-0.15, -0.1) is 0 Å². The molecule has 0 heterocycles. The molecule has 4 nitrogen and oxygen atoms in total. The Morgan fingerprint density at radius 1 is 1.37 bits per heavy atom. The van der Waals surface area contributed by atoms with E-state index in [4.69, 9.17) is 4.52 Å². The lowest BCUT2D eigenvalue weighted by Gasteiger charge is -2.21. The second kappa shape index (κ2) is 7.25. The number of allylic oxidation sites excluding steroid dienone is 1. The van der Waals surface area contributed by atoms with E-state index in [1.54, 1.807) is 13.0 Å². The summed E-state index contributed by atoms with van der Waals surface area (Å²) in [6, 6.07) is 0. The monoisotopic (exact) mass is 290 g/mol. The normalized spacial score (nSPS) is 16.5. The summed E-state index contributed by atoms with van der Waals surface area (Å²) < 4.78 is 18.1. The highest BCUT2D eigenvalue weighted by Crippen LogP contribution is 2.50. The molecule has 1 N–H and O–H groups in total. The van der Waals surface area contributed by atoms with Gasteiger partial charge in [-0.2, -0.15) is 0 Å². The summed E-state index contributed by atoms with van der Waals surface area (Å²) in [7, 11) is -2.92. The fraction of sp³-hybridized carbons (Fsp3) is 0.786. The lowest BCUT2D eigenvalue weighted by molar-refractivity contribution is -0.132. The molecule has 0 spiro atoms. The van der Waals surface area contributed by atoms with Crippen LogP contribution in [-0.4, -0.2) is 30.0 Å². The van der Waals surface area contributed by atoms with Crippen LogP contribution in [0, 0.1) is 11.3 Å². The van der Waals surface area contributed by atoms with Gasteiger partial charge in [-0.3, -0.25) is 4.57 Å². The Morgan fingerprint density at radius 2 is 1.89 bits per heavy atom. The van der Waals surface area contributed by atoms with Crippen LogP contribution >= 0.6 is 7.37 Å². The van der Waals surface area contributed by atoms with E-state index in [1.165, 1.54) is 0 Å². The van der Waals surface area contributed by atoms with Crippen LogP contribution in [0.4, 0.5) is 0 Å². The summed E-state index contributed by atoms with van der Waals surface area (Å²) in [5, 5.41) is 9.26. The van der Waals surface area contributed by atoms with Crippen molar-refractivity contribution in [2.45, 2.75) is 41.5 Å². The van der Waals surface area contributed by atoms with Gasteiger partial charge in [0.2, 0.25) is 7.37 Å². The molecule has 19 heavy (non-hydrogen) atoms. The van der Waals surface area contributed by atoms with Crippen LogP contribution in [0.3, 0.4) is 0 Å². The molecule has 0 saturated carbocycles. The van der Waals surface area contributed by atoms with Gasteiger partial charge in [0, 0.05) is 11.7 Å². The summed E-state index contributed by atoms with van der Waals surface area (Å²) in [5.74, 6) is -0.805. The van der Waals surface area contributed by atoms with E-state index in [0.29, 0.717) is 12.8 Å². The Kier molecular flexibility index (Phi) is 7.02. The van der Waals surface area contributed by atoms with Crippen LogP contribution in [0.2, 0.25) is 0 Å². The lowest BCUT2D eigenvalue weighted by Crippen LogP contribution is -2.14. The van der Waals surface area contributed by atoms with Gasteiger partial charge in [0.1, 0.15) is 0 Å². The van der Waals surface area contributed by atoms with E-state index in [-0.39, 0.29) is 23.1 Å². The number of hydrogen-bond acceptors (Lipinski definition) is 3. The van der Waals surface area contributed by atoms with E-state index in [9.17, 15) is 14.5 Å². The summed E-state index contributed by atoms with van der Waals surface area (Å²) in [5.41, 5.74) is -0.0762. The molecule has 0 saturated heterocycles. The molecule has 0 amide bonds. The van der Waals surface area contributed by atoms with E-state index < -0.39 is 13.3 Å². The minimum absolute atomic E-state index is 0.00558. The highest BCUT2D eigenvalue weighted by Gasteiger charge is 2.29. The maximum absolute atomic E-state index is 12.7. The van der Waals surface area contributed by atoms with E-state index >= 15 is 0 Å². The molecule has 0 radical (unpaired) electrons. The van der Waals surface area contributed by atoms with Crippen LogP contribution in [0.15, 0.2) is 11.6 Å². The minimum Gasteiger partial charge on any atom is -0.478 e. The molecule has 0 aliphatic heterocycles. The fourth-order valence-electron chi connectivity index (χ4n) is 1.91. The van der Waals surface area contributed by atoms with Crippen LogP contribution in [-0.2, 0) is 13.9 Å². The molecular weight excluding hydrogens is 263 g/mol. The zero-order valence-corrected chi connectivity index (χ0v) is 13.8. The SMILES string of the molecule is CCOP(=O)(CC(=CC(C)(C)C)C(=O)O)CC(C)C. The molecule has 5 heteroatoms. The van der Waals surface area contributed by atoms with Crippen molar-refractivity contribution in [2.24, 2.45) is 11.3 Å². The predicted octanol–water partition coefficient (Wildman–Crippen LogP) is 4.01. The first-order valence-electron chi connectivity index (χ1n) is 6.66. The molecule has 0 fully saturated rings. The lowest BCUT2D eigenvalue weighted by atomic mass is 9.94. The van der Waals surface area contributed by atoms with Crippen molar-refractivity contribution in [2.75, 3.05) is 18.9 Å². The van der Waals surface area contributed by atoms with Gasteiger partial charge in [-0.1, -0.05) is 40.7 Å². The van der Waals surface area contributed by atoms with Crippen molar-refractivity contribution < 1.29 is 19.0 Å². The molecule has 112 valence electrons. The first-order chi connectivity index (χ1) is 8.49. The van der Waals surface area contributed by atoms with E-state index in [2.05, 4.69) is 0 Å². The largest absolute Gasteiger partial charge is 0.478 e. The molecule has 0 aliphatic rings. The van der Waals surface area contributed by atoms with E-state index in [0.717, 1.165) is 0 Å². The van der Waals surface area contributed by atoms with Gasteiger partial charge in [-0.05, 0) is 18.3 Å². The first kappa shape index (κ1) is 18.4. The van der Waals surface area contributed by atoms with Crippen LogP contribution in [0.1, 0.15) is 41.5 Å². The summed E-state index contributed by atoms with van der Waals surface area (Å²) in [4.78, 5) is 11.3. The molecule has 1 atom stereocenters. The Balaban J connectivity index is 5.23. The molecule has 0 aromatic heterocycles. The third-order valence-electron chi connectivity index (χ3n) is 2.30.